The van der Waals surface area contributed by atoms with Crippen LogP contribution in [0.15, 0.2) is 109 Å². The van der Waals surface area contributed by atoms with Crippen molar-refractivity contribution < 1.29 is 24.2 Å². The Morgan fingerprint density at radius 1 is 0.324 bits per heavy atom. The van der Waals surface area contributed by atoms with Gasteiger partial charge < -0.3 is 14.6 Å². The summed E-state index contributed by atoms with van der Waals surface area (Å²) in [6.07, 6.45) is 92.3. The predicted molar refractivity (Wildman–Crippen MR) is 325 cm³/mol. The van der Waals surface area contributed by atoms with Crippen LogP contribution in [0.1, 0.15) is 296 Å². The zero-order valence-electron chi connectivity index (χ0n) is 48.6. The van der Waals surface area contributed by atoms with Crippen LogP contribution in [0.3, 0.4) is 0 Å². The molecule has 0 aromatic heterocycles. The standard InChI is InChI=1S/C69H118O5/c1-3-5-7-9-11-13-15-17-19-21-23-25-27-29-31-32-33-34-35-36-38-40-42-44-46-48-50-52-54-56-58-60-62-64-69(72)74-67(65-70)66-73-68(71)63-61-59-57-55-53-51-49-47-45-43-41-39-37-30-28-26-24-22-20-18-16-14-12-10-8-6-4-2/h5,7,11,13,17,19,23,25,29,31,33-34,36,38,42,44,48,50,67,70H,3-4,6,8-10,12,14-16,18,20-22,24,26-28,30,32,35,37,39-41,43,45-47,49,51-66H2,1-2H3/b7-5-,13-11-,19-17-,25-23-,31-29-,34-33-,38-36-,44-42-,50-48-. The monoisotopic (exact) mass is 1030 g/mol. The molecular formula is C69H118O5. The SMILES string of the molecule is CC/C=C\C/C=C\C/C=C\C/C=C\C/C=C\C/C=C\C/C=C\C/C=C\C/C=C\CCCCCCCC(=O)OC(CO)COC(=O)CCCCCCCCCCCCCCCCCCCCCCCCCCCCC. The molecule has 0 aliphatic heterocycles. The van der Waals surface area contributed by atoms with Gasteiger partial charge in [0.2, 0.25) is 0 Å². The van der Waals surface area contributed by atoms with Gasteiger partial charge in [0.05, 0.1) is 6.61 Å². The first-order valence-corrected chi connectivity index (χ1v) is 31.4. The number of hydrogen-bond donors (Lipinski definition) is 1. The van der Waals surface area contributed by atoms with Gasteiger partial charge >= 0.3 is 11.9 Å². The summed E-state index contributed by atoms with van der Waals surface area (Å²) in [5.74, 6) is -0.607. The van der Waals surface area contributed by atoms with Crippen LogP contribution < -0.4 is 0 Å². The van der Waals surface area contributed by atoms with Crippen LogP contribution in [-0.4, -0.2) is 36.4 Å². The number of carbonyl (C=O) groups excluding carboxylic acids is 2. The fraction of sp³-hybridized carbons (Fsp3) is 0.710. The molecule has 1 atom stereocenters. The highest BCUT2D eigenvalue weighted by molar-refractivity contribution is 5.70. The lowest BCUT2D eigenvalue weighted by molar-refractivity contribution is -0.161. The summed E-state index contributed by atoms with van der Waals surface area (Å²) in [7, 11) is 0. The highest BCUT2D eigenvalue weighted by Crippen LogP contribution is 2.17. The number of unbranched alkanes of at least 4 members (excludes halogenated alkanes) is 31. The number of ether oxygens (including phenoxy) is 2. The number of allylic oxidation sites excluding steroid dienone is 18. The summed E-state index contributed by atoms with van der Waals surface area (Å²) in [5, 5.41) is 9.68. The number of esters is 2. The van der Waals surface area contributed by atoms with E-state index in [9.17, 15) is 14.7 Å². The topological polar surface area (TPSA) is 72.8 Å². The van der Waals surface area contributed by atoms with Crippen molar-refractivity contribution in [3.05, 3.63) is 109 Å². The zero-order valence-corrected chi connectivity index (χ0v) is 48.6. The van der Waals surface area contributed by atoms with Crippen molar-refractivity contribution in [2.24, 2.45) is 0 Å². The third-order valence-corrected chi connectivity index (χ3v) is 13.6. The Morgan fingerprint density at radius 3 is 0.878 bits per heavy atom. The maximum absolute atomic E-state index is 12.3. The van der Waals surface area contributed by atoms with Crippen molar-refractivity contribution in [2.75, 3.05) is 13.2 Å². The number of carbonyl (C=O) groups is 2. The largest absolute Gasteiger partial charge is 0.462 e. The Kier molecular flexibility index (Phi) is 60.9. The van der Waals surface area contributed by atoms with E-state index in [2.05, 4.69) is 123 Å². The second-order valence-corrected chi connectivity index (χ2v) is 20.8. The number of aliphatic hydroxyl groups is 1. The lowest BCUT2D eigenvalue weighted by atomic mass is 10.0. The highest BCUT2D eigenvalue weighted by atomic mass is 16.6. The van der Waals surface area contributed by atoms with Crippen LogP contribution in [0.25, 0.3) is 0 Å². The van der Waals surface area contributed by atoms with Gasteiger partial charge in [-0.2, -0.15) is 0 Å². The summed E-state index contributed by atoms with van der Waals surface area (Å²) < 4.78 is 10.7. The molecule has 0 bridgehead atoms. The van der Waals surface area contributed by atoms with Crippen LogP contribution in [0.2, 0.25) is 0 Å². The average Bonchev–Trinajstić information content (AvgIpc) is 3.40. The van der Waals surface area contributed by atoms with Gasteiger partial charge in [-0.1, -0.05) is 309 Å². The van der Waals surface area contributed by atoms with Gasteiger partial charge in [-0.05, 0) is 83.5 Å². The van der Waals surface area contributed by atoms with Crippen molar-refractivity contribution in [1.82, 2.24) is 0 Å². The fourth-order valence-corrected chi connectivity index (χ4v) is 8.90. The van der Waals surface area contributed by atoms with E-state index in [0.29, 0.717) is 12.8 Å². The normalized spacial score (nSPS) is 13.0. The Morgan fingerprint density at radius 2 is 0.581 bits per heavy atom. The second kappa shape index (κ2) is 63.8. The van der Waals surface area contributed by atoms with Gasteiger partial charge in [-0.25, -0.2) is 0 Å². The van der Waals surface area contributed by atoms with E-state index in [0.717, 1.165) is 116 Å². The van der Waals surface area contributed by atoms with Gasteiger partial charge in [0.15, 0.2) is 6.10 Å². The van der Waals surface area contributed by atoms with Crippen molar-refractivity contribution >= 4 is 11.9 Å². The molecule has 0 aliphatic rings. The zero-order chi connectivity index (χ0) is 53.4. The summed E-state index contributed by atoms with van der Waals surface area (Å²) >= 11 is 0. The summed E-state index contributed by atoms with van der Waals surface area (Å²) in [6.45, 7) is 4.04. The first-order chi connectivity index (χ1) is 36.6. The van der Waals surface area contributed by atoms with Crippen LogP contribution >= 0.6 is 0 Å². The van der Waals surface area contributed by atoms with Crippen LogP contribution in [0.5, 0.6) is 0 Å². The first kappa shape index (κ1) is 70.6. The lowest BCUT2D eigenvalue weighted by Gasteiger charge is -2.15. The third kappa shape index (κ3) is 61.1. The Bertz CT molecular complexity index is 1440. The molecule has 0 fully saturated rings. The molecule has 0 amide bonds. The molecule has 0 radical (unpaired) electrons. The molecule has 1 N–H and O–H groups in total. The van der Waals surface area contributed by atoms with E-state index in [-0.39, 0.29) is 25.2 Å². The molecular weight excluding hydrogens is 909 g/mol. The molecule has 0 aromatic rings. The molecule has 0 saturated carbocycles. The van der Waals surface area contributed by atoms with E-state index < -0.39 is 6.10 Å². The van der Waals surface area contributed by atoms with Crippen LogP contribution in [0, 0.1) is 0 Å². The Balaban J connectivity index is 3.55. The van der Waals surface area contributed by atoms with Gasteiger partial charge in [-0.15, -0.1) is 0 Å². The molecule has 5 nitrogen and oxygen atoms in total. The lowest BCUT2D eigenvalue weighted by Crippen LogP contribution is -2.28. The molecule has 1 unspecified atom stereocenters. The minimum absolute atomic E-state index is 0.0767. The van der Waals surface area contributed by atoms with E-state index >= 15 is 0 Å². The summed E-state index contributed by atoms with van der Waals surface area (Å²) in [5.41, 5.74) is 0. The molecule has 0 heterocycles. The quantitative estimate of drug-likeness (QED) is 0.0373. The van der Waals surface area contributed by atoms with Crippen molar-refractivity contribution in [3.63, 3.8) is 0 Å². The van der Waals surface area contributed by atoms with E-state index in [4.69, 9.17) is 9.47 Å². The summed E-state index contributed by atoms with van der Waals surface area (Å²) in [6, 6.07) is 0. The van der Waals surface area contributed by atoms with E-state index in [1.54, 1.807) is 0 Å². The smallest absolute Gasteiger partial charge is 0.306 e. The fourth-order valence-electron chi connectivity index (χ4n) is 8.90. The molecule has 5 heteroatoms. The maximum atomic E-state index is 12.3. The third-order valence-electron chi connectivity index (χ3n) is 13.6. The van der Waals surface area contributed by atoms with Crippen molar-refractivity contribution in [2.45, 2.75) is 302 Å². The van der Waals surface area contributed by atoms with E-state index in [1.807, 2.05) is 0 Å². The van der Waals surface area contributed by atoms with Gasteiger partial charge in [0, 0.05) is 12.8 Å². The summed E-state index contributed by atoms with van der Waals surface area (Å²) in [4.78, 5) is 24.6. The van der Waals surface area contributed by atoms with Crippen LogP contribution in [-0.2, 0) is 19.1 Å². The average molecular weight is 1030 g/mol. The second-order valence-electron chi connectivity index (χ2n) is 20.8. The van der Waals surface area contributed by atoms with Gasteiger partial charge in [-0.3, -0.25) is 9.59 Å². The number of aliphatic hydroxyl groups excluding tert-OH is 1. The number of hydrogen-bond acceptors (Lipinski definition) is 5. The maximum Gasteiger partial charge on any atom is 0.306 e. The van der Waals surface area contributed by atoms with E-state index in [1.165, 1.54) is 154 Å². The van der Waals surface area contributed by atoms with Gasteiger partial charge in [0.1, 0.15) is 6.61 Å². The predicted octanol–water partition coefficient (Wildman–Crippen LogP) is 21.6. The molecule has 0 aliphatic carbocycles. The molecule has 0 rings (SSSR count). The minimum Gasteiger partial charge on any atom is -0.462 e. The number of rotatable bonds is 57. The van der Waals surface area contributed by atoms with Crippen molar-refractivity contribution in [3.8, 4) is 0 Å². The molecule has 424 valence electrons. The highest BCUT2D eigenvalue weighted by Gasteiger charge is 2.16. The van der Waals surface area contributed by atoms with Gasteiger partial charge in [0.25, 0.3) is 0 Å². The minimum atomic E-state index is -0.789. The Hall–Kier alpha value is -3.44. The van der Waals surface area contributed by atoms with Crippen LogP contribution in [0.4, 0.5) is 0 Å². The first-order valence-electron chi connectivity index (χ1n) is 31.4. The molecule has 74 heavy (non-hydrogen) atoms. The molecule has 0 spiro atoms. The molecule has 0 saturated heterocycles. The van der Waals surface area contributed by atoms with Crippen molar-refractivity contribution in [1.29, 1.82) is 0 Å². The molecule has 0 aromatic carbocycles. The Labute approximate surface area is 459 Å².